The third kappa shape index (κ3) is 2.03. The van der Waals surface area contributed by atoms with Gasteiger partial charge in [-0.15, -0.1) is 0 Å². The van der Waals surface area contributed by atoms with E-state index in [0.717, 1.165) is 0 Å². The summed E-state index contributed by atoms with van der Waals surface area (Å²) in [5.41, 5.74) is 0.154. The van der Waals surface area contributed by atoms with Gasteiger partial charge in [-0.3, -0.25) is 0 Å². The third-order valence-corrected chi connectivity index (χ3v) is 4.33. The van der Waals surface area contributed by atoms with E-state index in [1.165, 1.54) is 8.61 Å². The van der Waals surface area contributed by atoms with Gasteiger partial charge >= 0.3 is 0 Å². The van der Waals surface area contributed by atoms with Crippen molar-refractivity contribution in [2.24, 2.45) is 5.41 Å². The Labute approximate surface area is 80.7 Å². The van der Waals surface area contributed by atoms with Crippen molar-refractivity contribution >= 4 is 10.2 Å². The maximum atomic E-state index is 11.7. The molecule has 0 radical (unpaired) electrons. The summed E-state index contributed by atoms with van der Waals surface area (Å²) in [4.78, 5) is 0. The highest BCUT2D eigenvalue weighted by Crippen LogP contribution is 2.31. The molecule has 1 fully saturated rings. The standard InChI is InChI=1S/C8H18N2O2S/c1-5-9(4)13(11,12)10-6-8(2,3)7-10/h5-7H2,1-4H3. The fourth-order valence-electron chi connectivity index (χ4n) is 1.43. The van der Waals surface area contributed by atoms with Crippen molar-refractivity contribution in [2.45, 2.75) is 20.8 Å². The van der Waals surface area contributed by atoms with E-state index >= 15 is 0 Å². The molecule has 1 saturated heterocycles. The van der Waals surface area contributed by atoms with E-state index < -0.39 is 10.2 Å². The van der Waals surface area contributed by atoms with Gasteiger partial charge in [0, 0.05) is 26.7 Å². The fourth-order valence-corrected chi connectivity index (χ4v) is 3.18. The first-order valence-corrected chi connectivity index (χ1v) is 5.91. The van der Waals surface area contributed by atoms with Crippen molar-refractivity contribution in [1.82, 2.24) is 8.61 Å². The average Bonchev–Trinajstić information content (AvgIpc) is 1.98. The lowest BCUT2D eigenvalue weighted by atomic mass is 9.87. The molecule has 0 aliphatic carbocycles. The summed E-state index contributed by atoms with van der Waals surface area (Å²) in [6.07, 6.45) is 0. The first kappa shape index (κ1) is 10.9. The van der Waals surface area contributed by atoms with Gasteiger partial charge in [-0.05, 0) is 5.41 Å². The summed E-state index contributed by atoms with van der Waals surface area (Å²) in [5, 5.41) is 0. The number of hydrogen-bond donors (Lipinski definition) is 0. The molecule has 0 N–H and O–H groups in total. The Balaban J connectivity index is 2.65. The summed E-state index contributed by atoms with van der Waals surface area (Å²) in [5.74, 6) is 0. The van der Waals surface area contributed by atoms with Gasteiger partial charge in [-0.1, -0.05) is 20.8 Å². The molecular formula is C8H18N2O2S. The molecule has 1 aliphatic rings. The van der Waals surface area contributed by atoms with E-state index in [9.17, 15) is 8.42 Å². The Morgan fingerprint density at radius 1 is 1.38 bits per heavy atom. The zero-order valence-electron chi connectivity index (χ0n) is 8.74. The second-order valence-electron chi connectivity index (χ2n) is 4.35. The molecule has 0 amide bonds. The molecule has 0 aromatic heterocycles. The fraction of sp³-hybridized carbons (Fsp3) is 1.00. The second kappa shape index (κ2) is 3.22. The van der Waals surface area contributed by atoms with E-state index in [1.54, 1.807) is 7.05 Å². The summed E-state index contributed by atoms with van der Waals surface area (Å²) in [6.45, 7) is 7.79. The van der Waals surface area contributed by atoms with Gasteiger partial charge in [0.1, 0.15) is 0 Å². The molecule has 78 valence electrons. The molecule has 1 heterocycles. The van der Waals surface area contributed by atoms with E-state index in [2.05, 4.69) is 13.8 Å². The zero-order chi connectivity index (χ0) is 10.3. The Kier molecular flexibility index (Phi) is 2.71. The predicted molar refractivity (Wildman–Crippen MR) is 52.6 cm³/mol. The lowest BCUT2D eigenvalue weighted by molar-refractivity contribution is 0.104. The maximum absolute atomic E-state index is 11.7. The molecule has 0 atom stereocenters. The van der Waals surface area contributed by atoms with Gasteiger partial charge in [0.05, 0.1) is 0 Å². The van der Waals surface area contributed by atoms with Gasteiger partial charge in [0.25, 0.3) is 10.2 Å². The van der Waals surface area contributed by atoms with Crippen molar-refractivity contribution < 1.29 is 8.42 Å². The van der Waals surface area contributed by atoms with Crippen LogP contribution in [0, 0.1) is 5.41 Å². The van der Waals surface area contributed by atoms with Gasteiger partial charge in [-0.2, -0.15) is 17.0 Å². The minimum Gasteiger partial charge on any atom is -0.195 e. The monoisotopic (exact) mass is 206 g/mol. The Morgan fingerprint density at radius 2 is 1.85 bits per heavy atom. The largest absolute Gasteiger partial charge is 0.281 e. The summed E-state index contributed by atoms with van der Waals surface area (Å²) in [6, 6.07) is 0. The lowest BCUT2D eigenvalue weighted by Crippen LogP contribution is -2.58. The zero-order valence-corrected chi connectivity index (χ0v) is 9.56. The summed E-state index contributed by atoms with van der Waals surface area (Å²) in [7, 11) is -1.54. The van der Waals surface area contributed by atoms with Gasteiger partial charge in [-0.25, -0.2) is 0 Å². The van der Waals surface area contributed by atoms with Crippen LogP contribution in [0.4, 0.5) is 0 Å². The minimum absolute atomic E-state index is 0.154. The van der Waals surface area contributed by atoms with Crippen molar-refractivity contribution in [3.8, 4) is 0 Å². The van der Waals surface area contributed by atoms with Crippen molar-refractivity contribution in [1.29, 1.82) is 0 Å². The van der Waals surface area contributed by atoms with Crippen LogP contribution in [-0.4, -0.2) is 43.7 Å². The van der Waals surface area contributed by atoms with Crippen molar-refractivity contribution in [3.05, 3.63) is 0 Å². The highest BCUT2D eigenvalue weighted by atomic mass is 32.2. The van der Waals surface area contributed by atoms with Crippen LogP contribution < -0.4 is 0 Å². The minimum atomic E-state index is -3.16. The normalized spacial score (nSPS) is 23.2. The number of rotatable bonds is 3. The van der Waals surface area contributed by atoms with Crippen LogP contribution in [0.25, 0.3) is 0 Å². The lowest BCUT2D eigenvalue weighted by Gasteiger charge is -2.45. The molecule has 0 spiro atoms. The van der Waals surface area contributed by atoms with Crippen LogP contribution in [0.2, 0.25) is 0 Å². The Hall–Kier alpha value is -0.130. The van der Waals surface area contributed by atoms with Gasteiger partial charge < -0.3 is 0 Å². The molecule has 0 saturated carbocycles. The van der Waals surface area contributed by atoms with Crippen LogP contribution in [0.15, 0.2) is 0 Å². The Bertz CT molecular complexity index is 277. The molecule has 13 heavy (non-hydrogen) atoms. The van der Waals surface area contributed by atoms with E-state index in [0.29, 0.717) is 19.6 Å². The first-order valence-electron chi connectivity index (χ1n) is 4.51. The van der Waals surface area contributed by atoms with Crippen molar-refractivity contribution in [3.63, 3.8) is 0 Å². The highest BCUT2D eigenvalue weighted by Gasteiger charge is 2.42. The van der Waals surface area contributed by atoms with Crippen molar-refractivity contribution in [2.75, 3.05) is 26.7 Å². The number of nitrogens with zero attached hydrogens (tertiary/aromatic N) is 2. The van der Waals surface area contributed by atoms with Crippen LogP contribution in [0.5, 0.6) is 0 Å². The van der Waals surface area contributed by atoms with Gasteiger partial charge in [0.2, 0.25) is 0 Å². The average molecular weight is 206 g/mol. The Morgan fingerprint density at radius 3 is 2.15 bits per heavy atom. The maximum Gasteiger partial charge on any atom is 0.281 e. The van der Waals surface area contributed by atoms with Crippen LogP contribution in [0.1, 0.15) is 20.8 Å². The van der Waals surface area contributed by atoms with Crippen LogP contribution in [0.3, 0.4) is 0 Å². The van der Waals surface area contributed by atoms with E-state index in [4.69, 9.17) is 0 Å². The third-order valence-electron chi connectivity index (χ3n) is 2.37. The molecule has 1 rings (SSSR count). The molecular weight excluding hydrogens is 188 g/mol. The van der Waals surface area contributed by atoms with E-state index in [1.807, 2.05) is 6.92 Å². The summed E-state index contributed by atoms with van der Waals surface area (Å²) < 4.78 is 26.3. The van der Waals surface area contributed by atoms with Crippen LogP contribution in [-0.2, 0) is 10.2 Å². The van der Waals surface area contributed by atoms with Crippen LogP contribution >= 0.6 is 0 Å². The molecule has 4 nitrogen and oxygen atoms in total. The molecule has 1 aliphatic heterocycles. The topological polar surface area (TPSA) is 40.6 Å². The molecule has 0 aromatic carbocycles. The smallest absolute Gasteiger partial charge is 0.195 e. The number of hydrogen-bond acceptors (Lipinski definition) is 2. The molecule has 5 heteroatoms. The molecule has 0 unspecified atom stereocenters. The quantitative estimate of drug-likeness (QED) is 0.675. The van der Waals surface area contributed by atoms with Gasteiger partial charge in [0.15, 0.2) is 0 Å². The predicted octanol–water partition coefficient (Wildman–Crippen LogP) is 0.525. The first-order chi connectivity index (χ1) is 5.79. The molecule has 0 bridgehead atoms. The SMILES string of the molecule is CCN(C)S(=O)(=O)N1CC(C)(C)C1. The molecule has 0 aromatic rings. The second-order valence-corrected chi connectivity index (χ2v) is 6.39. The summed E-state index contributed by atoms with van der Waals surface area (Å²) >= 11 is 0. The van der Waals surface area contributed by atoms with E-state index in [-0.39, 0.29) is 5.41 Å². The highest BCUT2D eigenvalue weighted by molar-refractivity contribution is 7.86.